The summed E-state index contributed by atoms with van der Waals surface area (Å²) in [5.74, 6) is 0.742. The molecule has 2 aromatic rings. The second-order valence-corrected chi connectivity index (χ2v) is 7.49. The van der Waals surface area contributed by atoms with Crippen LogP contribution in [0.1, 0.15) is 29.7 Å². The standard InChI is InChI=1S/C18H24ClN3O2S/c1-12-8-15(9-13(2)17(12)19)24-7-5-6-16(23)21-18-20-14(11-25-18)10-22(3)4/h8-9,11H,5-7,10H2,1-4H3,(H,20,21,23). The molecule has 0 atom stereocenters. The van der Waals surface area contributed by atoms with E-state index in [9.17, 15) is 4.79 Å². The van der Waals surface area contributed by atoms with Crippen LogP contribution in [0.4, 0.5) is 5.13 Å². The summed E-state index contributed by atoms with van der Waals surface area (Å²) in [6.07, 6.45) is 1.04. The first-order chi connectivity index (χ1) is 11.8. The lowest BCUT2D eigenvalue weighted by atomic mass is 10.1. The predicted molar refractivity (Wildman–Crippen MR) is 104 cm³/mol. The molecule has 0 aliphatic rings. The van der Waals surface area contributed by atoms with Gasteiger partial charge in [0.2, 0.25) is 5.91 Å². The van der Waals surface area contributed by atoms with Crippen LogP contribution >= 0.6 is 22.9 Å². The normalized spacial score (nSPS) is 11.0. The SMILES string of the molecule is Cc1cc(OCCCC(=O)Nc2nc(CN(C)C)cs2)cc(C)c1Cl. The van der Waals surface area contributed by atoms with Crippen LogP contribution in [0.25, 0.3) is 0 Å². The number of amides is 1. The number of carbonyl (C=O) groups is 1. The zero-order chi connectivity index (χ0) is 18.4. The van der Waals surface area contributed by atoms with Crippen molar-refractivity contribution in [2.45, 2.75) is 33.2 Å². The number of carbonyl (C=O) groups excluding carboxylic acids is 1. The molecule has 0 aliphatic carbocycles. The quantitative estimate of drug-likeness (QED) is 0.693. The van der Waals surface area contributed by atoms with Crippen molar-refractivity contribution in [3.8, 4) is 5.75 Å². The number of hydrogen-bond acceptors (Lipinski definition) is 5. The van der Waals surface area contributed by atoms with E-state index < -0.39 is 0 Å². The summed E-state index contributed by atoms with van der Waals surface area (Å²) in [6, 6.07) is 3.83. The Morgan fingerprint density at radius 2 is 2.00 bits per heavy atom. The summed E-state index contributed by atoms with van der Waals surface area (Å²) >= 11 is 7.59. The molecule has 5 nitrogen and oxygen atoms in total. The van der Waals surface area contributed by atoms with Crippen molar-refractivity contribution in [3.05, 3.63) is 39.4 Å². The third kappa shape index (κ3) is 6.30. The molecule has 1 N–H and O–H groups in total. The fourth-order valence-corrected chi connectivity index (χ4v) is 3.18. The van der Waals surface area contributed by atoms with Gasteiger partial charge >= 0.3 is 0 Å². The number of aryl methyl sites for hydroxylation is 2. The molecule has 1 aromatic heterocycles. The van der Waals surface area contributed by atoms with Gasteiger partial charge in [-0.2, -0.15) is 0 Å². The van der Waals surface area contributed by atoms with E-state index in [0.717, 1.165) is 34.1 Å². The molecule has 1 aromatic carbocycles. The molecular formula is C18H24ClN3O2S. The van der Waals surface area contributed by atoms with Crippen LogP contribution in [-0.2, 0) is 11.3 Å². The van der Waals surface area contributed by atoms with E-state index in [1.165, 1.54) is 11.3 Å². The Morgan fingerprint density at radius 3 is 2.64 bits per heavy atom. The Bertz CT molecular complexity index is 708. The Labute approximate surface area is 158 Å². The number of nitrogens with one attached hydrogen (secondary N) is 1. The van der Waals surface area contributed by atoms with Gasteiger partial charge in [0.25, 0.3) is 0 Å². The third-order valence-corrected chi connectivity index (χ3v) is 4.91. The zero-order valence-electron chi connectivity index (χ0n) is 15.1. The van der Waals surface area contributed by atoms with Crippen LogP contribution in [0.3, 0.4) is 0 Å². The number of anilines is 1. The maximum absolute atomic E-state index is 12.0. The van der Waals surface area contributed by atoms with Crippen molar-refractivity contribution < 1.29 is 9.53 Å². The highest BCUT2D eigenvalue weighted by molar-refractivity contribution is 7.13. The monoisotopic (exact) mass is 381 g/mol. The molecule has 2 rings (SSSR count). The van der Waals surface area contributed by atoms with E-state index in [1.807, 2.05) is 50.4 Å². The number of halogens is 1. The van der Waals surface area contributed by atoms with E-state index in [0.29, 0.717) is 24.6 Å². The first kappa shape index (κ1) is 19.7. The van der Waals surface area contributed by atoms with Crippen LogP contribution in [0.2, 0.25) is 5.02 Å². The lowest BCUT2D eigenvalue weighted by Crippen LogP contribution is -2.13. The second-order valence-electron chi connectivity index (χ2n) is 6.25. The van der Waals surface area contributed by atoms with Crippen molar-refractivity contribution >= 4 is 34.0 Å². The summed E-state index contributed by atoms with van der Waals surface area (Å²) in [4.78, 5) is 18.4. The average molecular weight is 382 g/mol. The maximum Gasteiger partial charge on any atom is 0.226 e. The van der Waals surface area contributed by atoms with Gasteiger partial charge in [0.1, 0.15) is 5.75 Å². The molecule has 0 saturated heterocycles. The van der Waals surface area contributed by atoms with Crippen molar-refractivity contribution in [3.63, 3.8) is 0 Å². The minimum Gasteiger partial charge on any atom is -0.494 e. The summed E-state index contributed by atoms with van der Waals surface area (Å²) in [7, 11) is 3.97. The van der Waals surface area contributed by atoms with E-state index in [4.69, 9.17) is 16.3 Å². The lowest BCUT2D eigenvalue weighted by Gasteiger charge is -2.10. The number of rotatable bonds is 8. The molecule has 1 amide bonds. The van der Waals surface area contributed by atoms with Crippen molar-refractivity contribution in [2.24, 2.45) is 0 Å². The summed E-state index contributed by atoms with van der Waals surface area (Å²) < 4.78 is 5.71. The molecular weight excluding hydrogens is 358 g/mol. The molecule has 0 radical (unpaired) electrons. The zero-order valence-corrected chi connectivity index (χ0v) is 16.6. The van der Waals surface area contributed by atoms with Gasteiger partial charge in [0.05, 0.1) is 12.3 Å². The number of aromatic nitrogens is 1. The fraction of sp³-hybridized carbons (Fsp3) is 0.444. The molecule has 0 saturated carbocycles. The van der Waals surface area contributed by atoms with Gasteiger partial charge < -0.3 is 15.0 Å². The van der Waals surface area contributed by atoms with Gasteiger partial charge in [0.15, 0.2) is 5.13 Å². The molecule has 0 spiro atoms. The van der Waals surface area contributed by atoms with Crippen LogP contribution in [-0.4, -0.2) is 36.5 Å². The van der Waals surface area contributed by atoms with Crippen LogP contribution < -0.4 is 10.1 Å². The Morgan fingerprint density at radius 1 is 1.32 bits per heavy atom. The van der Waals surface area contributed by atoms with E-state index in [2.05, 4.69) is 10.3 Å². The minimum absolute atomic E-state index is 0.0437. The molecule has 25 heavy (non-hydrogen) atoms. The maximum atomic E-state index is 12.0. The number of ether oxygens (including phenoxy) is 1. The summed E-state index contributed by atoms with van der Waals surface area (Å²) in [5, 5.41) is 6.21. The van der Waals surface area contributed by atoms with Crippen LogP contribution in [0.15, 0.2) is 17.5 Å². The first-order valence-corrected chi connectivity index (χ1v) is 9.39. The van der Waals surface area contributed by atoms with Gasteiger partial charge in [-0.25, -0.2) is 4.98 Å². The lowest BCUT2D eigenvalue weighted by molar-refractivity contribution is -0.116. The molecule has 0 aliphatic heterocycles. The first-order valence-electron chi connectivity index (χ1n) is 8.13. The van der Waals surface area contributed by atoms with E-state index in [-0.39, 0.29) is 5.91 Å². The highest BCUT2D eigenvalue weighted by atomic mass is 35.5. The van der Waals surface area contributed by atoms with Crippen LogP contribution in [0.5, 0.6) is 5.75 Å². The number of thiazole rings is 1. The third-order valence-electron chi connectivity index (χ3n) is 3.50. The Kier molecular flexibility index (Phi) is 7.23. The smallest absolute Gasteiger partial charge is 0.226 e. The minimum atomic E-state index is -0.0437. The van der Waals surface area contributed by atoms with E-state index in [1.54, 1.807) is 0 Å². The molecule has 0 unspecified atom stereocenters. The van der Waals surface area contributed by atoms with Crippen molar-refractivity contribution in [2.75, 3.05) is 26.0 Å². The molecule has 1 heterocycles. The predicted octanol–water partition coefficient (Wildman–Crippen LogP) is 4.27. The van der Waals surface area contributed by atoms with Crippen LogP contribution in [0, 0.1) is 13.8 Å². The highest BCUT2D eigenvalue weighted by Crippen LogP contribution is 2.26. The van der Waals surface area contributed by atoms with Gasteiger partial charge in [-0.05, 0) is 57.6 Å². The van der Waals surface area contributed by atoms with Crippen molar-refractivity contribution in [1.29, 1.82) is 0 Å². The molecule has 0 fully saturated rings. The highest BCUT2D eigenvalue weighted by Gasteiger charge is 2.08. The Balaban J connectivity index is 1.73. The molecule has 7 heteroatoms. The average Bonchev–Trinajstić information content (AvgIpc) is 2.95. The van der Waals surface area contributed by atoms with Gasteiger partial charge in [-0.15, -0.1) is 11.3 Å². The molecule has 136 valence electrons. The van der Waals surface area contributed by atoms with Gasteiger partial charge in [-0.3, -0.25) is 4.79 Å². The van der Waals surface area contributed by atoms with Gasteiger partial charge in [-0.1, -0.05) is 11.6 Å². The van der Waals surface area contributed by atoms with E-state index >= 15 is 0 Å². The number of nitrogens with zero attached hydrogens (tertiary/aromatic N) is 2. The molecule has 0 bridgehead atoms. The summed E-state index contributed by atoms with van der Waals surface area (Å²) in [6.45, 7) is 5.15. The number of hydrogen-bond donors (Lipinski definition) is 1. The summed E-state index contributed by atoms with van der Waals surface area (Å²) in [5.41, 5.74) is 2.94. The second kappa shape index (κ2) is 9.17. The fourth-order valence-electron chi connectivity index (χ4n) is 2.36. The largest absolute Gasteiger partial charge is 0.494 e. The van der Waals surface area contributed by atoms with Gasteiger partial charge in [0, 0.05) is 23.4 Å². The topological polar surface area (TPSA) is 54.5 Å². The number of benzene rings is 1. The Hall–Kier alpha value is -1.63. The van der Waals surface area contributed by atoms with Crippen molar-refractivity contribution in [1.82, 2.24) is 9.88 Å².